The van der Waals surface area contributed by atoms with Crippen molar-refractivity contribution in [2.45, 2.75) is 13.0 Å². The number of halogens is 5. The van der Waals surface area contributed by atoms with Crippen LogP contribution in [0.5, 0.6) is 17.2 Å². The summed E-state index contributed by atoms with van der Waals surface area (Å²) in [5.74, 6) is -15.3. The van der Waals surface area contributed by atoms with Crippen LogP contribution in [0.15, 0.2) is 24.3 Å². The maximum atomic E-state index is 13.9. The fourth-order valence-electron chi connectivity index (χ4n) is 1.92. The van der Waals surface area contributed by atoms with Gasteiger partial charge >= 0.3 is 13.7 Å². The van der Waals surface area contributed by atoms with Gasteiger partial charge in [0.25, 0.3) is 0 Å². The number of hydrogen-bond donors (Lipinski definition) is 2. The van der Waals surface area contributed by atoms with Crippen molar-refractivity contribution in [1.29, 1.82) is 0 Å². The van der Waals surface area contributed by atoms with Crippen molar-refractivity contribution >= 4 is 13.7 Å². The molecule has 0 amide bonds. The van der Waals surface area contributed by atoms with Gasteiger partial charge in [-0.05, 0) is 31.2 Å². The van der Waals surface area contributed by atoms with E-state index in [9.17, 15) is 31.3 Å². The maximum absolute atomic E-state index is 13.9. The Kier molecular flexibility index (Phi) is 6.70. The van der Waals surface area contributed by atoms with Crippen LogP contribution in [0.25, 0.3) is 0 Å². The zero-order valence-corrected chi connectivity index (χ0v) is 15.6. The summed E-state index contributed by atoms with van der Waals surface area (Å²) >= 11 is 0. The first-order valence-corrected chi connectivity index (χ1v) is 9.18. The summed E-state index contributed by atoms with van der Waals surface area (Å²) in [7, 11) is -3.66. The Morgan fingerprint density at radius 3 is 1.83 bits per heavy atom. The molecule has 13 heteroatoms. The average molecular weight is 441 g/mol. The molecule has 2 atom stereocenters. The molecule has 2 aromatic rings. The third-order valence-corrected chi connectivity index (χ3v) is 4.97. The van der Waals surface area contributed by atoms with Crippen LogP contribution in [0.2, 0.25) is 0 Å². The summed E-state index contributed by atoms with van der Waals surface area (Å²) in [4.78, 5) is 11.0. The normalized spacial score (nSPS) is 14.0. The molecule has 1 unspecified atom stereocenters. The van der Waals surface area contributed by atoms with E-state index in [1.54, 1.807) is 0 Å². The third-order valence-electron chi connectivity index (χ3n) is 3.39. The van der Waals surface area contributed by atoms with Gasteiger partial charge < -0.3 is 18.9 Å². The molecule has 0 aromatic heterocycles. The van der Waals surface area contributed by atoms with Gasteiger partial charge in [-0.2, -0.15) is 13.9 Å². The molecule has 2 N–H and O–H groups in total. The third kappa shape index (κ3) is 4.96. The van der Waals surface area contributed by atoms with E-state index in [4.69, 9.17) is 14.4 Å². The topological polar surface area (TPSA) is 94.1 Å². The van der Waals surface area contributed by atoms with Gasteiger partial charge in [-0.1, -0.05) is 0 Å². The first-order valence-electron chi connectivity index (χ1n) is 7.64. The maximum Gasteiger partial charge on any atom is 0.513 e. The molecule has 0 bridgehead atoms. The van der Waals surface area contributed by atoms with Crippen LogP contribution < -0.4 is 18.9 Å². The van der Waals surface area contributed by atoms with Crippen LogP contribution in [0.4, 0.5) is 22.0 Å². The molecule has 0 heterocycles. The predicted octanol–water partition coefficient (Wildman–Crippen LogP) is 4.02. The van der Waals surface area contributed by atoms with E-state index < -0.39 is 54.6 Å². The molecule has 0 saturated carbocycles. The molecule has 0 aliphatic carbocycles. The van der Waals surface area contributed by atoms with Gasteiger partial charge in [-0.25, -0.2) is 17.7 Å². The summed E-state index contributed by atoms with van der Waals surface area (Å²) in [6, 6.07) is 3.37. The van der Waals surface area contributed by atoms with Crippen LogP contribution in [0.1, 0.15) is 6.92 Å². The van der Waals surface area contributed by atoms with Crippen LogP contribution in [0.3, 0.4) is 0 Å². The highest BCUT2D eigenvalue weighted by Gasteiger charge is 2.38. The molecule has 158 valence electrons. The monoisotopic (exact) mass is 441 g/mol. The second-order valence-electron chi connectivity index (χ2n) is 5.44. The smallest absolute Gasteiger partial charge is 0.497 e. The molecule has 0 radical (unpaired) electrons. The van der Waals surface area contributed by atoms with Crippen LogP contribution in [-0.4, -0.2) is 24.2 Å². The van der Waals surface area contributed by atoms with Crippen LogP contribution in [-0.2, 0) is 9.36 Å². The zero-order chi connectivity index (χ0) is 21.9. The molecule has 7 nitrogen and oxygen atoms in total. The molecular weight excluding hydrogens is 428 g/mol. The number of aliphatic carboxylic acids is 1. The lowest BCUT2D eigenvalue weighted by Crippen LogP contribution is -2.34. The van der Waals surface area contributed by atoms with Gasteiger partial charge in [0.1, 0.15) is 17.5 Å². The Balaban J connectivity index is 2.48. The summed E-state index contributed by atoms with van der Waals surface area (Å²) in [6.07, 6.45) is 0. The highest BCUT2D eigenvalue weighted by atomic mass is 31.2. The molecule has 0 aliphatic heterocycles. The van der Waals surface area contributed by atoms with E-state index in [2.05, 4.69) is 4.52 Å². The van der Waals surface area contributed by atoms with Crippen LogP contribution in [0, 0.1) is 29.1 Å². The highest BCUT2D eigenvalue weighted by molar-refractivity contribution is 7.52. The van der Waals surface area contributed by atoms with Crippen molar-refractivity contribution < 1.29 is 50.2 Å². The molecule has 2 aromatic carbocycles. The van der Waals surface area contributed by atoms with Gasteiger partial charge in [-0.15, -0.1) is 0 Å². The molecule has 2 rings (SSSR count). The van der Waals surface area contributed by atoms with Crippen molar-refractivity contribution in [3.05, 3.63) is 53.4 Å². The number of nitrogens with one attached hydrogen (secondary N) is 1. The van der Waals surface area contributed by atoms with Crippen LogP contribution >= 0.6 is 7.75 Å². The molecule has 0 fully saturated rings. The Hall–Kier alpha value is -2.85. The second-order valence-corrected chi connectivity index (χ2v) is 7.06. The number of hydrogen-bond acceptors (Lipinski definition) is 5. The summed E-state index contributed by atoms with van der Waals surface area (Å²) in [5, 5.41) is 10.8. The summed E-state index contributed by atoms with van der Waals surface area (Å²) in [5.41, 5.74) is 0. The summed E-state index contributed by atoms with van der Waals surface area (Å²) in [6.45, 7) is 0.980. The molecule has 0 aliphatic rings. The van der Waals surface area contributed by atoms with E-state index in [0.29, 0.717) is 5.75 Å². The van der Waals surface area contributed by atoms with Gasteiger partial charge in [0.15, 0.2) is 0 Å². The van der Waals surface area contributed by atoms with Gasteiger partial charge in [0, 0.05) is 0 Å². The van der Waals surface area contributed by atoms with E-state index in [1.807, 2.05) is 5.09 Å². The lowest BCUT2D eigenvalue weighted by atomic mass is 10.3. The Morgan fingerprint density at radius 2 is 1.38 bits per heavy atom. The van der Waals surface area contributed by atoms with Gasteiger partial charge in [0.05, 0.1) is 7.11 Å². The summed E-state index contributed by atoms with van der Waals surface area (Å²) < 4.78 is 95.0. The Morgan fingerprint density at radius 1 is 0.931 bits per heavy atom. The van der Waals surface area contributed by atoms with Crippen molar-refractivity contribution in [3.63, 3.8) is 0 Å². The number of carboxylic acid groups (broad SMARTS) is 1. The first-order chi connectivity index (χ1) is 13.5. The lowest BCUT2D eigenvalue weighted by molar-refractivity contribution is -0.138. The number of carbonyl (C=O) groups is 1. The number of rotatable bonds is 8. The number of carboxylic acids is 1. The van der Waals surface area contributed by atoms with Gasteiger partial charge in [0.2, 0.25) is 34.8 Å². The molecule has 29 heavy (non-hydrogen) atoms. The predicted molar refractivity (Wildman–Crippen MR) is 88.3 cm³/mol. The quantitative estimate of drug-likeness (QED) is 0.277. The minimum atomic E-state index is -5.01. The largest absolute Gasteiger partial charge is 0.513 e. The highest BCUT2D eigenvalue weighted by Crippen LogP contribution is 2.47. The van der Waals surface area contributed by atoms with E-state index in [-0.39, 0.29) is 5.75 Å². The Bertz CT molecular complexity index is 942. The second kappa shape index (κ2) is 8.66. The lowest BCUT2D eigenvalue weighted by Gasteiger charge is -2.23. The fourth-order valence-corrected chi connectivity index (χ4v) is 3.45. The molecular formula is C16H13F5NO6P. The standard InChI is InChI=1S/C16H13F5NO6P/c1-7(16(23)24)22-29(25,27-9-5-3-8(26-2)4-6-9)28-15-13(20)11(18)10(17)12(19)14(15)21/h3-7H,1-2H3,(H,22,25)(H,23,24)/t7-,29?/m0/s1. The Labute approximate surface area is 160 Å². The SMILES string of the molecule is COc1ccc(OP(=O)(N[C@@H](C)C(=O)O)Oc2c(F)c(F)c(F)c(F)c2F)cc1. The fraction of sp³-hybridized carbons (Fsp3) is 0.188. The number of ether oxygens (including phenoxy) is 1. The van der Waals surface area contributed by atoms with Crippen molar-refractivity contribution in [1.82, 2.24) is 5.09 Å². The minimum absolute atomic E-state index is 0.247. The minimum Gasteiger partial charge on any atom is -0.497 e. The van der Waals surface area contributed by atoms with E-state index in [1.165, 1.54) is 31.4 Å². The number of methoxy groups -OCH3 is 1. The average Bonchev–Trinajstić information content (AvgIpc) is 2.68. The van der Waals surface area contributed by atoms with Crippen molar-refractivity contribution in [3.8, 4) is 17.2 Å². The number of benzene rings is 2. The first kappa shape index (κ1) is 22.4. The van der Waals surface area contributed by atoms with E-state index in [0.717, 1.165) is 6.92 Å². The zero-order valence-electron chi connectivity index (χ0n) is 14.7. The van der Waals surface area contributed by atoms with E-state index >= 15 is 0 Å². The van der Waals surface area contributed by atoms with Crippen molar-refractivity contribution in [2.24, 2.45) is 0 Å². The van der Waals surface area contributed by atoms with Crippen molar-refractivity contribution in [2.75, 3.05) is 7.11 Å². The van der Waals surface area contributed by atoms with Gasteiger partial charge in [-0.3, -0.25) is 4.79 Å². The molecule has 0 saturated heterocycles. The molecule has 0 spiro atoms.